The molecule has 1 atom stereocenters. The van der Waals surface area contributed by atoms with Gasteiger partial charge in [0, 0.05) is 165 Å². The number of alkyl carbamates (subject to hydrolysis) is 1. The van der Waals surface area contributed by atoms with Gasteiger partial charge in [0.25, 0.3) is 58.4 Å². The van der Waals surface area contributed by atoms with E-state index < -0.39 is 114 Å². The molecule has 8 aliphatic rings. The number of hydrogen-bond acceptors (Lipinski definition) is 29. The Kier molecular flexibility index (Phi) is 45.3. The Labute approximate surface area is 760 Å². The Morgan fingerprint density at radius 1 is 0.405 bits per heavy atom. The van der Waals surface area contributed by atoms with Crippen molar-refractivity contribution in [1.82, 2.24) is 86.0 Å². The van der Waals surface area contributed by atoms with Crippen LogP contribution in [0.4, 0.5) is 4.79 Å². The predicted octanol–water partition coefficient (Wildman–Crippen LogP) is -0.914. The van der Waals surface area contributed by atoms with E-state index in [2.05, 4.69) is 47.9 Å². The summed E-state index contributed by atoms with van der Waals surface area (Å²) in [6, 6.07) is 27.2. The van der Waals surface area contributed by atoms with E-state index in [9.17, 15) is 57.5 Å². The Hall–Kier alpha value is -12.3. The molecular weight excluding hydrogens is 1710 g/mol. The van der Waals surface area contributed by atoms with E-state index in [0.29, 0.717) is 103 Å². The summed E-state index contributed by atoms with van der Waals surface area (Å²) >= 11 is 0. The number of benzene rings is 2. The van der Waals surface area contributed by atoms with E-state index in [1.807, 2.05) is 26.5 Å². The molecule has 0 saturated carbocycles. The number of ether oxygens (including phenoxy) is 10. The second-order valence-electron chi connectivity index (χ2n) is 31.5. The molecule has 718 valence electrons. The summed E-state index contributed by atoms with van der Waals surface area (Å²) in [6.45, 7) is 10.4. The number of rotatable bonds is 31. The number of amides is 9. The quantitative estimate of drug-likeness (QED) is 0.0238. The van der Waals surface area contributed by atoms with Crippen molar-refractivity contribution >= 4 is 53.4 Å². The van der Waals surface area contributed by atoms with Crippen LogP contribution in [0.3, 0.4) is 0 Å². The maximum Gasteiger partial charge on any atom is 0.407 e. The van der Waals surface area contributed by atoms with Crippen molar-refractivity contribution in [3.63, 3.8) is 0 Å². The number of carbonyl (C=O) groups excluding carboxylic acids is 9. The molecule has 0 fully saturated rings. The van der Waals surface area contributed by atoms with Gasteiger partial charge in [0.1, 0.15) is 41.6 Å². The number of carbonyl (C=O) groups is 9. The van der Waals surface area contributed by atoms with Gasteiger partial charge >= 0.3 is 17.2 Å². The van der Waals surface area contributed by atoms with Gasteiger partial charge in [0.2, 0.25) is 0 Å². The molecule has 6 aromatic rings. The van der Waals surface area contributed by atoms with E-state index in [1.54, 1.807) is 88.5 Å². The van der Waals surface area contributed by atoms with Gasteiger partial charge in [-0.25, -0.2) is 4.79 Å². The lowest BCUT2D eigenvalue weighted by Gasteiger charge is -2.31. The van der Waals surface area contributed by atoms with E-state index in [0.717, 1.165) is 25.0 Å². The van der Waals surface area contributed by atoms with Gasteiger partial charge < -0.3 is 114 Å². The lowest BCUT2D eigenvalue weighted by Crippen LogP contribution is -2.49. The lowest BCUT2D eigenvalue weighted by atomic mass is 10.1. The van der Waals surface area contributed by atoms with Gasteiger partial charge in [0.05, 0.1) is 52.9 Å². The van der Waals surface area contributed by atoms with Crippen LogP contribution in [0.5, 0.6) is 23.0 Å². The molecule has 8 aliphatic heterocycles. The number of nitrogens with one attached hydrogen (secondary N) is 9. The number of pyridine rings is 4. The number of nitrogens with zero attached hydrogens (tertiary/aromatic N) is 8. The van der Waals surface area contributed by atoms with Gasteiger partial charge in [-0.15, -0.1) is 9.46 Å². The van der Waals surface area contributed by atoms with Crippen molar-refractivity contribution in [2.24, 2.45) is 14.1 Å². The largest absolute Gasteiger partial charge is 0.478 e. The van der Waals surface area contributed by atoms with E-state index in [1.165, 1.54) is 62.6 Å². The van der Waals surface area contributed by atoms with Crippen LogP contribution in [0.2, 0.25) is 0 Å². The standard InChI is InChI=1S/C89H127N17O25/c1-8-49-121-54-55-122-50-47-102-38-31-90-76(107)61-125-72-26-22-68(99(5)84(72)115)80(111)94-35-42-101(43-36-96-82(113)70-24-28-74(127-63-78(109)92-33-40-102)86(117)105(70)129-59-65-17-11-9-12-18-65)45-46-104-44-37-95-81(112)69-23-27-73(85(116)100(69)6)126-62-77(108)91-32-39-103(48-51-123-56-57-124-53-52-120-7)41-34-93-79(110)64-128-75-29-25-71(106(87(75)118)130-60-66-19-13-10-14-20-66)83(114)98-67(58-104)21-15-16-30-97-88(119)131-89(2,3)4/h9-14,17-20,22-29,67H,8,15-16,21,30-64H2,1-7H3,(H,90,107)(H,91,108)(H,92,109)(H,93,110)(H,94,111)(H,95,112)(H,96,113)(H,97,119)(H,98,114). The average molecular weight is 1840 g/mol. The third-order valence-corrected chi connectivity index (χ3v) is 20.3. The molecule has 12 heterocycles. The lowest BCUT2D eigenvalue weighted by molar-refractivity contribution is -0.124. The number of methoxy groups -OCH3 is 1. The number of unbranched alkanes of at least 4 members (excludes halogenated alkanes) is 1. The molecule has 14 rings (SSSR count). The van der Waals surface area contributed by atoms with Crippen LogP contribution in [0.25, 0.3) is 0 Å². The molecule has 131 heavy (non-hydrogen) atoms. The first-order valence-corrected chi connectivity index (χ1v) is 43.9. The highest BCUT2D eigenvalue weighted by Crippen LogP contribution is 2.16. The topological polar surface area (TPSA) is 474 Å². The van der Waals surface area contributed by atoms with Gasteiger partial charge in [-0.3, -0.25) is 77.1 Å². The third-order valence-electron chi connectivity index (χ3n) is 20.3. The molecule has 8 bridgehead atoms. The van der Waals surface area contributed by atoms with Crippen molar-refractivity contribution in [2.45, 2.75) is 78.2 Å². The molecule has 1 unspecified atom stereocenters. The molecule has 0 aliphatic carbocycles. The summed E-state index contributed by atoms with van der Waals surface area (Å²) in [5.74, 6) is -6.31. The van der Waals surface area contributed by atoms with Gasteiger partial charge in [-0.05, 0) is 106 Å². The summed E-state index contributed by atoms with van der Waals surface area (Å²) in [5, 5.41) is 25.7. The van der Waals surface area contributed by atoms with Crippen LogP contribution in [0, 0.1) is 0 Å². The fourth-order valence-corrected chi connectivity index (χ4v) is 13.3. The van der Waals surface area contributed by atoms with Crippen molar-refractivity contribution in [2.75, 3.05) is 224 Å². The molecule has 42 heteroatoms. The molecule has 9 N–H and O–H groups in total. The van der Waals surface area contributed by atoms with Crippen molar-refractivity contribution in [3.05, 3.63) is 185 Å². The fourth-order valence-electron chi connectivity index (χ4n) is 13.3. The maximum absolute atomic E-state index is 15.3. The normalized spacial score (nSPS) is 16.6. The highest BCUT2D eigenvalue weighted by molar-refractivity contribution is 5.94. The van der Waals surface area contributed by atoms with E-state index in [-0.39, 0.29) is 177 Å². The highest BCUT2D eigenvalue weighted by Gasteiger charge is 2.28. The predicted molar refractivity (Wildman–Crippen MR) is 480 cm³/mol. The van der Waals surface area contributed by atoms with Crippen molar-refractivity contribution < 1.29 is 100 Å². The molecule has 2 aromatic carbocycles. The molecular formula is C89H127N17O25. The first-order chi connectivity index (χ1) is 63.3. The molecule has 42 nitrogen and oxygen atoms in total. The number of aromatic nitrogens is 4. The van der Waals surface area contributed by atoms with Gasteiger partial charge in [-0.2, -0.15) is 0 Å². The van der Waals surface area contributed by atoms with E-state index >= 15 is 4.79 Å². The van der Waals surface area contributed by atoms with Crippen LogP contribution in [0.1, 0.15) is 106 Å². The Balaban J connectivity index is 1.11. The van der Waals surface area contributed by atoms with Crippen molar-refractivity contribution in [3.8, 4) is 23.0 Å². The minimum atomic E-state index is -0.928. The summed E-state index contributed by atoms with van der Waals surface area (Å²) in [4.78, 5) is 202. The van der Waals surface area contributed by atoms with Crippen LogP contribution in [0.15, 0.2) is 128 Å². The van der Waals surface area contributed by atoms with Crippen LogP contribution in [-0.4, -0.2) is 327 Å². The molecule has 0 radical (unpaired) electrons. The van der Waals surface area contributed by atoms with Crippen LogP contribution in [-0.2, 0) is 74.9 Å². The fraction of sp³-hybridized carbons (Fsp3) is 0.539. The maximum atomic E-state index is 15.3. The zero-order valence-electron chi connectivity index (χ0n) is 75.8. The summed E-state index contributed by atoms with van der Waals surface area (Å²) < 4.78 is 59.9. The first-order valence-electron chi connectivity index (χ1n) is 43.9. The summed E-state index contributed by atoms with van der Waals surface area (Å²) in [6.07, 6.45) is 1.16. The molecule has 0 spiro atoms. The van der Waals surface area contributed by atoms with Crippen LogP contribution >= 0.6 is 0 Å². The first kappa shape index (κ1) is 104. The zero-order chi connectivity index (χ0) is 94.1. The third kappa shape index (κ3) is 37.6. The Morgan fingerprint density at radius 2 is 0.756 bits per heavy atom. The second-order valence-corrected chi connectivity index (χ2v) is 31.5. The average Bonchev–Trinajstić information content (AvgIpc) is 0.795. The monoisotopic (exact) mass is 1830 g/mol. The SMILES string of the molecule is CCCOCCOCCN1CCNC(=O)COc2ccc(n(C)c2=O)C(=O)NCCN(CCN2CCNC(=O)c3ccc(c(=O)n3C)OCC(=O)NCCN(CCOCCOCCOC)CCNC(=O)COc3ccc(n(OCc4ccccc4)c3=O)C(=O)NC(CCCCNC(=O)OC(C)(C)C)C2)CCNC(=O)c2ccc(c(=O)n2OCc2ccccc2)OCC(=O)NCC1. The molecule has 4 aromatic heterocycles. The molecule has 0 saturated heterocycles. The second kappa shape index (κ2) is 57.0. The summed E-state index contributed by atoms with van der Waals surface area (Å²) in [5.41, 5.74) is -3.50. The van der Waals surface area contributed by atoms with Crippen molar-refractivity contribution in [1.29, 1.82) is 0 Å². The van der Waals surface area contributed by atoms with Gasteiger partial charge in [-0.1, -0.05) is 67.6 Å². The minimum absolute atomic E-state index is 0.00274. The number of hydrogen-bond donors (Lipinski definition) is 9. The highest BCUT2D eigenvalue weighted by atomic mass is 16.7. The van der Waals surface area contributed by atoms with Crippen LogP contribution < -0.4 is 98.7 Å². The summed E-state index contributed by atoms with van der Waals surface area (Å²) in [7, 11) is 4.30. The zero-order valence-corrected chi connectivity index (χ0v) is 75.8. The Bertz CT molecular complexity index is 4870. The smallest absolute Gasteiger partial charge is 0.407 e. The molecule has 9 amide bonds. The van der Waals surface area contributed by atoms with E-state index in [4.69, 9.17) is 57.0 Å². The van der Waals surface area contributed by atoms with Gasteiger partial charge in [0.15, 0.2) is 49.4 Å². The Morgan fingerprint density at radius 3 is 1.17 bits per heavy atom. The minimum Gasteiger partial charge on any atom is -0.478 e.